The minimum Gasteiger partial charge on any atom is -0.389 e. The minimum absolute atomic E-state index is 0.468. The van der Waals surface area contributed by atoms with Gasteiger partial charge in [0.05, 0.1) is 0 Å². The normalized spacial score (nSPS) is 16.7. The average Bonchev–Trinajstić information content (AvgIpc) is 3.08. The molecule has 1 fully saturated rings. The van der Waals surface area contributed by atoms with E-state index in [1.807, 2.05) is 12.1 Å². The zero-order valence-corrected chi connectivity index (χ0v) is 12.2. The van der Waals surface area contributed by atoms with Crippen molar-refractivity contribution in [3.63, 3.8) is 0 Å². The standard InChI is InChI=1S/C15H22N2S/c1-10(2)15(7-8-15)9-17-13-11(3)5-4-6-12(13)14(16)18/h4-6,10,17H,7-9H2,1-3H3,(H2,16,18). The molecule has 18 heavy (non-hydrogen) atoms. The van der Waals surface area contributed by atoms with E-state index in [1.54, 1.807) is 0 Å². The Bertz CT molecular complexity index is 462. The maximum atomic E-state index is 5.79. The summed E-state index contributed by atoms with van der Waals surface area (Å²) in [6.07, 6.45) is 2.65. The van der Waals surface area contributed by atoms with E-state index in [0.29, 0.717) is 10.4 Å². The molecule has 0 bridgehead atoms. The molecule has 0 saturated heterocycles. The SMILES string of the molecule is Cc1cccc(C(N)=S)c1NCC1(C(C)C)CC1. The predicted molar refractivity (Wildman–Crippen MR) is 82.1 cm³/mol. The van der Waals surface area contributed by atoms with E-state index >= 15 is 0 Å². The predicted octanol–water partition coefficient (Wildman–Crippen LogP) is 3.48. The first-order valence-electron chi connectivity index (χ1n) is 6.59. The third kappa shape index (κ3) is 2.51. The van der Waals surface area contributed by atoms with Crippen LogP contribution in [0.4, 0.5) is 5.69 Å². The first kappa shape index (κ1) is 13.3. The highest BCUT2D eigenvalue weighted by Gasteiger charge is 2.45. The Labute approximate surface area is 115 Å². The second-order valence-corrected chi connectivity index (χ2v) is 6.17. The summed E-state index contributed by atoms with van der Waals surface area (Å²) in [6, 6.07) is 6.09. The van der Waals surface area contributed by atoms with E-state index in [2.05, 4.69) is 32.2 Å². The Morgan fingerprint density at radius 2 is 2.11 bits per heavy atom. The highest BCUT2D eigenvalue weighted by molar-refractivity contribution is 7.80. The number of para-hydroxylation sites is 1. The van der Waals surface area contributed by atoms with Crippen LogP contribution in [0.25, 0.3) is 0 Å². The number of nitrogens with one attached hydrogen (secondary N) is 1. The van der Waals surface area contributed by atoms with Crippen LogP contribution in [0.3, 0.4) is 0 Å². The first-order chi connectivity index (χ1) is 8.46. The zero-order valence-electron chi connectivity index (χ0n) is 11.4. The van der Waals surface area contributed by atoms with E-state index in [-0.39, 0.29) is 0 Å². The summed E-state index contributed by atoms with van der Waals surface area (Å²) in [6.45, 7) is 7.73. The van der Waals surface area contributed by atoms with E-state index in [4.69, 9.17) is 18.0 Å². The second kappa shape index (κ2) is 4.88. The molecular formula is C15H22N2S. The van der Waals surface area contributed by atoms with Crippen molar-refractivity contribution in [2.75, 3.05) is 11.9 Å². The van der Waals surface area contributed by atoms with E-state index in [0.717, 1.165) is 23.7 Å². The van der Waals surface area contributed by atoms with Crippen LogP contribution in [0.1, 0.15) is 37.8 Å². The summed E-state index contributed by atoms with van der Waals surface area (Å²) in [5.74, 6) is 0.724. The fourth-order valence-corrected chi connectivity index (χ4v) is 2.66. The van der Waals surface area contributed by atoms with Crippen molar-refractivity contribution in [3.8, 4) is 0 Å². The van der Waals surface area contributed by atoms with Crippen LogP contribution in [-0.4, -0.2) is 11.5 Å². The van der Waals surface area contributed by atoms with Gasteiger partial charge in [-0.1, -0.05) is 38.2 Å². The Morgan fingerprint density at radius 3 is 2.61 bits per heavy atom. The van der Waals surface area contributed by atoms with Gasteiger partial charge < -0.3 is 11.1 Å². The number of anilines is 1. The van der Waals surface area contributed by atoms with Gasteiger partial charge >= 0.3 is 0 Å². The molecule has 2 nitrogen and oxygen atoms in total. The van der Waals surface area contributed by atoms with E-state index in [9.17, 15) is 0 Å². The van der Waals surface area contributed by atoms with Gasteiger partial charge in [-0.15, -0.1) is 0 Å². The van der Waals surface area contributed by atoms with Crippen LogP contribution in [0, 0.1) is 18.3 Å². The smallest absolute Gasteiger partial charge is 0.106 e. The van der Waals surface area contributed by atoms with Crippen molar-refractivity contribution in [1.82, 2.24) is 0 Å². The Hall–Kier alpha value is -1.09. The number of hydrogen-bond acceptors (Lipinski definition) is 2. The first-order valence-corrected chi connectivity index (χ1v) is 7.00. The van der Waals surface area contributed by atoms with Gasteiger partial charge in [0.25, 0.3) is 0 Å². The molecule has 1 aliphatic carbocycles. The molecular weight excluding hydrogens is 240 g/mol. The Morgan fingerprint density at radius 1 is 1.44 bits per heavy atom. The van der Waals surface area contributed by atoms with Crippen LogP contribution in [0.5, 0.6) is 0 Å². The van der Waals surface area contributed by atoms with Gasteiger partial charge in [0, 0.05) is 17.8 Å². The van der Waals surface area contributed by atoms with Crippen molar-refractivity contribution in [3.05, 3.63) is 29.3 Å². The van der Waals surface area contributed by atoms with E-state index < -0.39 is 0 Å². The third-order valence-electron chi connectivity index (χ3n) is 4.27. The quantitative estimate of drug-likeness (QED) is 0.798. The molecule has 1 aliphatic rings. The van der Waals surface area contributed by atoms with Crippen LogP contribution in [-0.2, 0) is 0 Å². The molecule has 0 amide bonds. The molecule has 3 N–H and O–H groups in total. The molecule has 0 aromatic heterocycles. The number of rotatable bonds is 5. The van der Waals surface area contributed by atoms with Crippen LogP contribution in [0.15, 0.2) is 18.2 Å². The molecule has 1 aromatic rings. The molecule has 0 aliphatic heterocycles. The number of hydrogen-bond donors (Lipinski definition) is 2. The topological polar surface area (TPSA) is 38.0 Å². The molecule has 0 atom stereocenters. The molecule has 2 rings (SSSR count). The zero-order chi connectivity index (χ0) is 13.3. The highest BCUT2D eigenvalue weighted by Crippen LogP contribution is 2.51. The van der Waals surface area contributed by atoms with Crippen molar-refractivity contribution in [2.45, 2.75) is 33.6 Å². The molecule has 0 radical (unpaired) electrons. The van der Waals surface area contributed by atoms with Gasteiger partial charge in [-0.05, 0) is 42.7 Å². The summed E-state index contributed by atoms with van der Waals surface area (Å²) in [7, 11) is 0. The average molecular weight is 262 g/mol. The van der Waals surface area contributed by atoms with Crippen molar-refractivity contribution >= 4 is 22.9 Å². The second-order valence-electron chi connectivity index (χ2n) is 5.73. The number of benzene rings is 1. The van der Waals surface area contributed by atoms with Crippen LogP contribution >= 0.6 is 12.2 Å². The van der Waals surface area contributed by atoms with Crippen LogP contribution in [0.2, 0.25) is 0 Å². The van der Waals surface area contributed by atoms with Crippen LogP contribution < -0.4 is 11.1 Å². The monoisotopic (exact) mass is 262 g/mol. The molecule has 1 aromatic carbocycles. The minimum atomic E-state index is 0.468. The van der Waals surface area contributed by atoms with Gasteiger partial charge in [-0.2, -0.15) is 0 Å². The molecule has 0 heterocycles. The van der Waals surface area contributed by atoms with Gasteiger partial charge in [-0.25, -0.2) is 0 Å². The summed E-state index contributed by atoms with van der Waals surface area (Å²) in [5.41, 5.74) is 9.55. The van der Waals surface area contributed by atoms with Crippen molar-refractivity contribution in [2.24, 2.45) is 17.1 Å². The lowest BCUT2D eigenvalue weighted by Gasteiger charge is -2.22. The van der Waals surface area contributed by atoms with Crippen molar-refractivity contribution < 1.29 is 0 Å². The molecule has 1 saturated carbocycles. The van der Waals surface area contributed by atoms with Crippen molar-refractivity contribution in [1.29, 1.82) is 0 Å². The number of nitrogens with two attached hydrogens (primary N) is 1. The fourth-order valence-electron chi connectivity index (χ4n) is 2.49. The van der Waals surface area contributed by atoms with Gasteiger partial charge in [0.2, 0.25) is 0 Å². The number of aryl methyl sites for hydroxylation is 1. The largest absolute Gasteiger partial charge is 0.389 e. The summed E-state index contributed by atoms with van der Waals surface area (Å²) in [5, 5.41) is 3.58. The number of thiocarbonyl (C=S) groups is 1. The molecule has 0 spiro atoms. The fraction of sp³-hybridized carbons (Fsp3) is 0.533. The maximum absolute atomic E-state index is 5.79. The molecule has 0 unspecified atom stereocenters. The molecule has 98 valence electrons. The Kier molecular flexibility index (Phi) is 3.62. The Balaban J connectivity index is 2.17. The highest BCUT2D eigenvalue weighted by atomic mass is 32.1. The maximum Gasteiger partial charge on any atom is 0.106 e. The lowest BCUT2D eigenvalue weighted by atomic mass is 9.92. The lowest BCUT2D eigenvalue weighted by Crippen LogP contribution is -2.23. The summed E-state index contributed by atoms with van der Waals surface area (Å²) >= 11 is 5.12. The summed E-state index contributed by atoms with van der Waals surface area (Å²) in [4.78, 5) is 0.468. The van der Waals surface area contributed by atoms with Gasteiger partial charge in [0.1, 0.15) is 4.99 Å². The lowest BCUT2D eigenvalue weighted by molar-refractivity contribution is 0.380. The third-order valence-corrected chi connectivity index (χ3v) is 4.49. The van der Waals surface area contributed by atoms with Gasteiger partial charge in [-0.3, -0.25) is 0 Å². The molecule has 3 heteroatoms. The summed E-state index contributed by atoms with van der Waals surface area (Å²) < 4.78 is 0. The van der Waals surface area contributed by atoms with Gasteiger partial charge in [0.15, 0.2) is 0 Å². The van der Waals surface area contributed by atoms with E-state index in [1.165, 1.54) is 18.4 Å².